The number of nitro groups is 1. The summed E-state index contributed by atoms with van der Waals surface area (Å²) in [6.07, 6.45) is 0. The van der Waals surface area contributed by atoms with Crippen LogP contribution < -0.4 is 4.74 Å². The van der Waals surface area contributed by atoms with Crippen molar-refractivity contribution in [1.82, 2.24) is 0 Å². The van der Waals surface area contributed by atoms with Gasteiger partial charge < -0.3 is 9.47 Å². The second-order valence-electron chi connectivity index (χ2n) is 4.87. The molecule has 19 heavy (non-hydrogen) atoms. The summed E-state index contributed by atoms with van der Waals surface area (Å²) in [6.45, 7) is 5.18. The van der Waals surface area contributed by atoms with Crippen LogP contribution >= 0.6 is 0 Å². The van der Waals surface area contributed by atoms with Gasteiger partial charge in [0.2, 0.25) is 0 Å². The third kappa shape index (κ3) is 3.67. The highest BCUT2D eigenvalue weighted by Gasteiger charge is 2.29. The van der Waals surface area contributed by atoms with Crippen molar-refractivity contribution in [3.63, 3.8) is 0 Å². The third-order valence-corrected chi connectivity index (χ3v) is 2.70. The number of nitrogens with zero attached hydrogens (tertiary/aromatic N) is 1. The quantitative estimate of drug-likeness (QED) is 0.465. The molecule has 0 aliphatic carbocycles. The number of hydrogen-bond acceptors (Lipinski definition) is 5. The lowest BCUT2D eigenvalue weighted by atomic mass is 9.95. The number of benzene rings is 1. The maximum absolute atomic E-state index is 11.5. The summed E-state index contributed by atoms with van der Waals surface area (Å²) in [5.41, 5.74) is -0.220. The summed E-state index contributed by atoms with van der Waals surface area (Å²) in [5.74, 6) is 0.117. The lowest BCUT2D eigenvalue weighted by molar-refractivity contribution is -0.385. The normalized spacial score (nSPS) is 10.9. The van der Waals surface area contributed by atoms with Gasteiger partial charge in [0.05, 0.1) is 17.4 Å². The van der Waals surface area contributed by atoms with Crippen molar-refractivity contribution in [3.8, 4) is 5.75 Å². The highest BCUT2D eigenvalue weighted by Crippen LogP contribution is 2.25. The average Bonchev–Trinajstić information content (AvgIpc) is 2.35. The number of hydrogen-bond donors (Lipinski definition) is 0. The van der Waals surface area contributed by atoms with Gasteiger partial charge in [-0.2, -0.15) is 0 Å². The van der Waals surface area contributed by atoms with Crippen molar-refractivity contribution >= 4 is 11.7 Å². The second-order valence-corrected chi connectivity index (χ2v) is 4.87. The number of methoxy groups -OCH3 is 1. The van der Waals surface area contributed by atoms with E-state index in [0.29, 0.717) is 11.3 Å². The molecule has 0 aliphatic rings. The van der Waals surface area contributed by atoms with Gasteiger partial charge in [-0.1, -0.05) is 0 Å². The van der Waals surface area contributed by atoms with Crippen LogP contribution in [-0.4, -0.2) is 24.6 Å². The first kappa shape index (κ1) is 14.9. The zero-order valence-corrected chi connectivity index (χ0v) is 11.4. The number of carbonyl (C=O) groups excluding carboxylic acids is 1. The molecule has 0 fully saturated rings. The van der Waals surface area contributed by atoms with Crippen LogP contribution in [0.2, 0.25) is 0 Å². The standard InChI is InChI=1S/C13H17NO5/c1-9-7-10(5-6-11(9)14(16)17)19-8-13(2,3)12(15)18-4/h5-7H,8H2,1-4H3. The van der Waals surface area contributed by atoms with Gasteiger partial charge in [-0.15, -0.1) is 0 Å². The molecule has 0 spiro atoms. The molecule has 1 aromatic carbocycles. The summed E-state index contributed by atoms with van der Waals surface area (Å²) in [5, 5.41) is 10.7. The molecular formula is C13H17NO5. The van der Waals surface area contributed by atoms with Gasteiger partial charge in [0.1, 0.15) is 12.4 Å². The second kappa shape index (κ2) is 5.69. The number of esters is 1. The van der Waals surface area contributed by atoms with Crippen LogP contribution in [0.3, 0.4) is 0 Å². The van der Waals surface area contributed by atoms with Crippen LogP contribution in [0, 0.1) is 22.5 Å². The van der Waals surface area contributed by atoms with E-state index in [1.807, 2.05) is 0 Å². The Morgan fingerprint density at radius 1 is 1.42 bits per heavy atom. The van der Waals surface area contributed by atoms with Gasteiger partial charge in [0.25, 0.3) is 5.69 Å². The number of rotatable bonds is 5. The first-order chi connectivity index (χ1) is 8.77. The minimum absolute atomic E-state index is 0.0413. The first-order valence-electron chi connectivity index (χ1n) is 5.74. The van der Waals surface area contributed by atoms with E-state index in [0.717, 1.165) is 0 Å². The predicted octanol–water partition coefficient (Wildman–Crippen LogP) is 2.48. The Hall–Kier alpha value is -2.11. The van der Waals surface area contributed by atoms with E-state index in [-0.39, 0.29) is 18.3 Å². The van der Waals surface area contributed by atoms with Crippen LogP contribution in [0.25, 0.3) is 0 Å². The molecule has 6 heteroatoms. The number of carbonyl (C=O) groups is 1. The van der Waals surface area contributed by atoms with Crippen molar-refractivity contribution < 1.29 is 19.2 Å². The lowest BCUT2D eigenvalue weighted by Gasteiger charge is -2.21. The molecule has 0 heterocycles. The maximum Gasteiger partial charge on any atom is 0.314 e. The van der Waals surface area contributed by atoms with Crippen LogP contribution in [-0.2, 0) is 9.53 Å². The Morgan fingerprint density at radius 2 is 2.05 bits per heavy atom. The fraction of sp³-hybridized carbons (Fsp3) is 0.462. The molecule has 0 saturated carbocycles. The number of ether oxygens (including phenoxy) is 2. The van der Waals surface area contributed by atoms with E-state index in [1.54, 1.807) is 26.8 Å². The first-order valence-corrected chi connectivity index (χ1v) is 5.74. The molecule has 0 N–H and O–H groups in total. The molecule has 0 aliphatic heterocycles. The van der Waals surface area contributed by atoms with Gasteiger partial charge in [0.15, 0.2) is 0 Å². The summed E-state index contributed by atoms with van der Waals surface area (Å²) in [6, 6.07) is 4.47. The summed E-state index contributed by atoms with van der Waals surface area (Å²) in [7, 11) is 1.32. The minimum Gasteiger partial charge on any atom is -0.492 e. The number of aryl methyl sites for hydroxylation is 1. The van der Waals surface area contributed by atoms with Gasteiger partial charge in [-0.3, -0.25) is 14.9 Å². The van der Waals surface area contributed by atoms with E-state index in [1.165, 1.54) is 19.2 Å². The van der Waals surface area contributed by atoms with Crippen molar-refractivity contribution in [1.29, 1.82) is 0 Å². The third-order valence-electron chi connectivity index (χ3n) is 2.70. The molecule has 0 bridgehead atoms. The molecular weight excluding hydrogens is 250 g/mol. The fourth-order valence-corrected chi connectivity index (χ4v) is 1.52. The minimum atomic E-state index is -0.773. The monoisotopic (exact) mass is 267 g/mol. The maximum atomic E-state index is 11.5. The zero-order valence-electron chi connectivity index (χ0n) is 11.4. The van der Waals surface area contributed by atoms with Gasteiger partial charge >= 0.3 is 5.97 Å². The molecule has 0 saturated heterocycles. The number of nitro benzene ring substituents is 1. The van der Waals surface area contributed by atoms with E-state index < -0.39 is 10.3 Å². The summed E-state index contributed by atoms with van der Waals surface area (Å²) in [4.78, 5) is 21.7. The molecule has 0 atom stereocenters. The zero-order chi connectivity index (χ0) is 14.6. The molecule has 104 valence electrons. The van der Waals surface area contributed by atoms with Gasteiger partial charge in [-0.25, -0.2) is 0 Å². The molecule has 0 aromatic heterocycles. The molecule has 0 radical (unpaired) electrons. The van der Waals surface area contributed by atoms with E-state index in [4.69, 9.17) is 4.74 Å². The van der Waals surface area contributed by atoms with Crippen molar-refractivity contribution in [2.45, 2.75) is 20.8 Å². The van der Waals surface area contributed by atoms with Gasteiger partial charge in [-0.05, 0) is 32.9 Å². The highest BCUT2D eigenvalue weighted by atomic mass is 16.6. The summed E-state index contributed by atoms with van der Waals surface area (Å²) < 4.78 is 10.2. The lowest BCUT2D eigenvalue weighted by Crippen LogP contribution is -2.32. The van der Waals surface area contributed by atoms with E-state index in [2.05, 4.69) is 4.74 Å². The molecule has 1 aromatic rings. The Labute approximate surface area is 111 Å². The Bertz CT molecular complexity index is 496. The van der Waals surface area contributed by atoms with Gasteiger partial charge in [0, 0.05) is 11.6 Å². The largest absolute Gasteiger partial charge is 0.492 e. The molecule has 1 rings (SSSR count). The molecule has 6 nitrogen and oxygen atoms in total. The SMILES string of the molecule is COC(=O)C(C)(C)COc1ccc([N+](=O)[O-])c(C)c1. The van der Waals surface area contributed by atoms with Crippen molar-refractivity contribution in [2.24, 2.45) is 5.41 Å². The van der Waals surface area contributed by atoms with E-state index >= 15 is 0 Å². The molecule has 0 unspecified atom stereocenters. The smallest absolute Gasteiger partial charge is 0.314 e. The average molecular weight is 267 g/mol. The summed E-state index contributed by atoms with van der Waals surface area (Å²) >= 11 is 0. The topological polar surface area (TPSA) is 78.7 Å². The molecule has 0 amide bonds. The van der Waals surface area contributed by atoms with E-state index in [9.17, 15) is 14.9 Å². The predicted molar refractivity (Wildman–Crippen MR) is 69.1 cm³/mol. The van der Waals surface area contributed by atoms with Crippen LogP contribution in [0.4, 0.5) is 5.69 Å². The Morgan fingerprint density at radius 3 is 2.53 bits per heavy atom. The fourth-order valence-electron chi connectivity index (χ4n) is 1.52. The highest BCUT2D eigenvalue weighted by molar-refractivity contribution is 5.75. The van der Waals surface area contributed by atoms with Crippen LogP contribution in [0.1, 0.15) is 19.4 Å². The van der Waals surface area contributed by atoms with Crippen LogP contribution in [0.15, 0.2) is 18.2 Å². The Balaban J connectivity index is 2.77. The van der Waals surface area contributed by atoms with Crippen LogP contribution in [0.5, 0.6) is 5.75 Å². The van der Waals surface area contributed by atoms with Crippen molar-refractivity contribution in [3.05, 3.63) is 33.9 Å². The van der Waals surface area contributed by atoms with Crippen molar-refractivity contribution in [2.75, 3.05) is 13.7 Å². The Kier molecular flexibility index (Phi) is 4.47.